The molecule has 1 fully saturated rings. The van der Waals surface area contributed by atoms with Crippen LogP contribution in [0.2, 0.25) is 0 Å². The molecule has 1 saturated heterocycles. The van der Waals surface area contributed by atoms with E-state index in [1.807, 2.05) is 19.1 Å². The monoisotopic (exact) mass is 354 g/mol. The van der Waals surface area contributed by atoms with E-state index in [2.05, 4.69) is 9.88 Å². The predicted molar refractivity (Wildman–Crippen MR) is 95.0 cm³/mol. The summed E-state index contributed by atoms with van der Waals surface area (Å²) < 4.78 is 5.50. The van der Waals surface area contributed by atoms with Crippen LogP contribution in [-0.2, 0) is 11.2 Å². The summed E-state index contributed by atoms with van der Waals surface area (Å²) in [5.41, 5.74) is 7.58. The number of primary amides is 1. The number of carbonyl (C=O) groups is 2. The number of carbonyl (C=O) groups excluding carboxylic acids is 2. The number of rotatable bonds is 3. The van der Waals surface area contributed by atoms with Crippen LogP contribution in [-0.4, -0.2) is 34.7 Å². The Bertz CT molecular complexity index is 839. The Hall–Kier alpha value is -2.70. The van der Waals surface area contributed by atoms with Crippen molar-refractivity contribution in [3.8, 4) is 0 Å². The van der Waals surface area contributed by atoms with Gasteiger partial charge in [-0.05, 0) is 31.9 Å². The molecule has 1 atom stereocenters. The summed E-state index contributed by atoms with van der Waals surface area (Å²) in [4.78, 5) is 35.3. The Kier molecular flexibility index (Phi) is 4.22. The van der Waals surface area contributed by atoms with E-state index in [1.165, 1.54) is 0 Å². The maximum Gasteiger partial charge on any atom is 0.225 e. The van der Waals surface area contributed by atoms with Gasteiger partial charge in [0.15, 0.2) is 5.78 Å². The number of ketones is 1. The smallest absolute Gasteiger partial charge is 0.225 e. The fraction of sp³-hybridized carbons (Fsp3) is 0.474. The molecule has 2 N–H and O–H groups in total. The van der Waals surface area contributed by atoms with Gasteiger partial charge in [-0.15, -0.1) is 0 Å². The number of aromatic nitrogens is 2. The number of hydrogen-bond donors (Lipinski definition) is 1. The van der Waals surface area contributed by atoms with Gasteiger partial charge in [-0.25, -0.2) is 9.97 Å². The third kappa shape index (κ3) is 2.98. The molecule has 0 radical (unpaired) electrons. The summed E-state index contributed by atoms with van der Waals surface area (Å²) in [5, 5.41) is 0. The number of nitrogens with two attached hydrogens (primary N) is 1. The van der Waals surface area contributed by atoms with Gasteiger partial charge in [0, 0.05) is 37.8 Å². The van der Waals surface area contributed by atoms with Crippen LogP contribution in [0, 0.1) is 12.8 Å². The largest absolute Gasteiger partial charge is 0.469 e. The molecule has 2 aromatic rings. The lowest BCUT2D eigenvalue weighted by Crippen LogP contribution is -2.39. The third-order valence-corrected chi connectivity index (χ3v) is 5.43. The minimum absolute atomic E-state index is 0.0211. The van der Waals surface area contributed by atoms with Crippen LogP contribution >= 0.6 is 0 Å². The number of piperidine rings is 1. The Morgan fingerprint density at radius 3 is 2.69 bits per heavy atom. The third-order valence-electron chi connectivity index (χ3n) is 5.43. The van der Waals surface area contributed by atoms with Crippen molar-refractivity contribution in [1.82, 2.24) is 9.97 Å². The first-order chi connectivity index (χ1) is 12.5. The summed E-state index contributed by atoms with van der Waals surface area (Å²) >= 11 is 0. The zero-order valence-electron chi connectivity index (χ0n) is 14.8. The molecule has 4 rings (SSSR count). The highest BCUT2D eigenvalue weighted by Crippen LogP contribution is 2.34. The Balaban J connectivity index is 1.60. The molecule has 136 valence electrons. The van der Waals surface area contributed by atoms with Crippen molar-refractivity contribution < 1.29 is 14.0 Å². The van der Waals surface area contributed by atoms with Crippen LogP contribution in [0.5, 0.6) is 0 Å². The number of fused-ring (bicyclic) bond motifs is 1. The van der Waals surface area contributed by atoms with E-state index in [4.69, 9.17) is 15.1 Å². The van der Waals surface area contributed by atoms with E-state index >= 15 is 0 Å². The second-order valence-electron chi connectivity index (χ2n) is 7.14. The molecule has 1 aliphatic carbocycles. The van der Waals surface area contributed by atoms with Crippen molar-refractivity contribution in [1.29, 1.82) is 0 Å². The number of Topliss-reactive ketones (excluding diaryl/α,β-unsaturated/α-hetero) is 1. The summed E-state index contributed by atoms with van der Waals surface area (Å²) in [6, 6.07) is 3.75. The van der Waals surface area contributed by atoms with Crippen LogP contribution in [0.25, 0.3) is 0 Å². The van der Waals surface area contributed by atoms with Gasteiger partial charge < -0.3 is 15.1 Å². The minimum Gasteiger partial charge on any atom is -0.469 e. The van der Waals surface area contributed by atoms with E-state index in [1.54, 1.807) is 6.26 Å². The molecule has 0 saturated carbocycles. The van der Waals surface area contributed by atoms with Crippen molar-refractivity contribution in [3.63, 3.8) is 0 Å². The van der Waals surface area contributed by atoms with E-state index in [0.29, 0.717) is 50.3 Å². The molecule has 1 amide bonds. The molecular weight excluding hydrogens is 332 g/mol. The molecule has 26 heavy (non-hydrogen) atoms. The fourth-order valence-electron chi connectivity index (χ4n) is 3.99. The first-order valence-corrected chi connectivity index (χ1v) is 9.01. The highest BCUT2D eigenvalue weighted by atomic mass is 16.3. The van der Waals surface area contributed by atoms with Gasteiger partial charge >= 0.3 is 0 Å². The van der Waals surface area contributed by atoms with Crippen molar-refractivity contribution >= 4 is 17.6 Å². The van der Waals surface area contributed by atoms with Crippen LogP contribution in [0.4, 0.5) is 5.95 Å². The lowest BCUT2D eigenvalue weighted by molar-refractivity contribution is -0.122. The van der Waals surface area contributed by atoms with Crippen LogP contribution in [0.1, 0.15) is 52.7 Å². The van der Waals surface area contributed by atoms with E-state index in [9.17, 15) is 9.59 Å². The van der Waals surface area contributed by atoms with Gasteiger partial charge in [-0.1, -0.05) is 0 Å². The van der Waals surface area contributed by atoms with Gasteiger partial charge in [-0.2, -0.15) is 0 Å². The van der Waals surface area contributed by atoms with Gasteiger partial charge in [-0.3, -0.25) is 9.59 Å². The maximum absolute atomic E-state index is 12.6. The van der Waals surface area contributed by atoms with E-state index in [-0.39, 0.29) is 23.5 Å². The van der Waals surface area contributed by atoms with Crippen molar-refractivity contribution in [3.05, 3.63) is 41.1 Å². The second-order valence-corrected chi connectivity index (χ2v) is 7.14. The van der Waals surface area contributed by atoms with Gasteiger partial charge in [0.05, 0.1) is 23.2 Å². The Morgan fingerprint density at radius 1 is 1.27 bits per heavy atom. The Morgan fingerprint density at radius 2 is 2.04 bits per heavy atom. The summed E-state index contributed by atoms with van der Waals surface area (Å²) in [5.74, 6) is 1.24. The lowest BCUT2D eigenvalue weighted by atomic mass is 9.84. The maximum atomic E-state index is 12.6. The van der Waals surface area contributed by atoms with Crippen molar-refractivity contribution in [2.75, 3.05) is 18.0 Å². The molecule has 0 spiro atoms. The number of amides is 1. The van der Waals surface area contributed by atoms with Gasteiger partial charge in [0.25, 0.3) is 0 Å². The number of hydrogen-bond acceptors (Lipinski definition) is 6. The lowest BCUT2D eigenvalue weighted by Gasteiger charge is -2.32. The highest BCUT2D eigenvalue weighted by Gasteiger charge is 2.32. The molecular formula is C19H22N4O3. The molecule has 2 aliphatic rings. The SMILES string of the molecule is Cc1nc(N2CCC(C(N)=O)CC2)nc2c1C(=O)C[C@H](c1ccco1)C2. The normalized spacial score (nSPS) is 20.9. The quantitative estimate of drug-likeness (QED) is 0.904. The number of aryl methyl sites for hydroxylation is 1. The Labute approximate surface area is 151 Å². The molecule has 0 bridgehead atoms. The number of nitrogens with zero attached hydrogens (tertiary/aromatic N) is 3. The predicted octanol–water partition coefficient (Wildman–Crippen LogP) is 1.99. The summed E-state index contributed by atoms with van der Waals surface area (Å²) in [6.07, 6.45) is 4.15. The molecule has 7 heteroatoms. The average Bonchev–Trinajstić information content (AvgIpc) is 3.15. The molecule has 3 heterocycles. The standard InChI is InChI=1S/C19H22N4O3/c1-11-17-14(9-13(10-15(17)24)16-3-2-8-26-16)22-19(21-11)23-6-4-12(5-7-23)18(20)25/h2-3,8,12-13H,4-7,9-10H2,1H3,(H2,20,25)/t13-/m1/s1. The summed E-state index contributed by atoms with van der Waals surface area (Å²) in [7, 11) is 0. The fourth-order valence-corrected chi connectivity index (χ4v) is 3.99. The van der Waals surface area contributed by atoms with Gasteiger partial charge in [0.2, 0.25) is 11.9 Å². The number of anilines is 1. The van der Waals surface area contributed by atoms with Crippen molar-refractivity contribution in [2.45, 2.75) is 38.5 Å². The van der Waals surface area contributed by atoms with Gasteiger partial charge in [0.1, 0.15) is 5.76 Å². The molecule has 2 aromatic heterocycles. The first-order valence-electron chi connectivity index (χ1n) is 9.01. The second kappa shape index (κ2) is 6.55. The zero-order valence-corrected chi connectivity index (χ0v) is 14.8. The minimum atomic E-state index is -0.237. The zero-order chi connectivity index (χ0) is 18.3. The molecule has 0 unspecified atom stereocenters. The van der Waals surface area contributed by atoms with Crippen molar-refractivity contribution in [2.24, 2.45) is 11.7 Å². The first kappa shape index (κ1) is 16.8. The molecule has 0 aromatic carbocycles. The van der Waals surface area contributed by atoms with E-state index < -0.39 is 0 Å². The van der Waals surface area contributed by atoms with Crippen LogP contribution < -0.4 is 10.6 Å². The molecule has 7 nitrogen and oxygen atoms in total. The van der Waals surface area contributed by atoms with E-state index in [0.717, 1.165) is 17.1 Å². The van der Waals surface area contributed by atoms with Crippen LogP contribution in [0.15, 0.2) is 22.8 Å². The van der Waals surface area contributed by atoms with Crippen LogP contribution in [0.3, 0.4) is 0 Å². The highest BCUT2D eigenvalue weighted by molar-refractivity contribution is 5.99. The topological polar surface area (TPSA) is 102 Å². The number of furan rings is 1. The summed E-state index contributed by atoms with van der Waals surface area (Å²) in [6.45, 7) is 3.26. The molecule has 1 aliphatic heterocycles. The average molecular weight is 354 g/mol.